The lowest BCUT2D eigenvalue weighted by Gasteiger charge is -2.13. The third-order valence-electron chi connectivity index (χ3n) is 9.97. The molecule has 2 aliphatic heterocycles. The summed E-state index contributed by atoms with van der Waals surface area (Å²) in [6.45, 7) is 2.04. The molecule has 0 radical (unpaired) electrons. The molecule has 0 fully saturated rings. The Morgan fingerprint density at radius 2 is 0.936 bits per heavy atom. The van der Waals surface area contributed by atoms with Gasteiger partial charge in [0.15, 0.2) is 36.9 Å². The Kier molecular flexibility index (Phi) is 7.41. The smallest absolute Gasteiger partial charge is 0.186 e. The minimum absolute atomic E-state index is 0. The van der Waals surface area contributed by atoms with Crippen molar-refractivity contribution >= 4 is 46.1 Å². The molecule has 0 amide bonds. The van der Waals surface area contributed by atoms with Crippen LogP contribution in [0.25, 0.3) is 46.1 Å². The van der Waals surface area contributed by atoms with Crippen molar-refractivity contribution in [2.24, 2.45) is 0 Å². The number of H-pyrrole nitrogens is 2. The summed E-state index contributed by atoms with van der Waals surface area (Å²) in [6.07, 6.45) is 21.6. The number of aromatic amines is 2. The number of fused-ring (bicyclic) bond motifs is 7. The highest BCUT2D eigenvalue weighted by molar-refractivity contribution is 5.84. The minimum Gasteiger partial charge on any atom is -0.361 e. The Bertz CT molecular complexity index is 2170. The van der Waals surface area contributed by atoms with Crippen molar-refractivity contribution in [1.82, 2.24) is 9.97 Å². The van der Waals surface area contributed by atoms with Gasteiger partial charge >= 0.3 is 0 Å². The molecule has 4 heteroatoms. The first-order chi connectivity index (χ1) is 22.7. The predicted molar refractivity (Wildman–Crippen MR) is 194 cm³/mol. The Labute approximate surface area is 276 Å². The second-order valence-corrected chi connectivity index (χ2v) is 12.8. The monoisotopic (exact) mass is 612 g/mol. The van der Waals surface area contributed by atoms with Gasteiger partial charge < -0.3 is 9.97 Å². The number of hydrogen-bond acceptors (Lipinski definition) is 0. The molecule has 4 nitrogen and oxygen atoms in total. The van der Waals surface area contributed by atoms with Gasteiger partial charge in [0.05, 0.1) is 12.8 Å². The van der Waals surface area contributed by atoms with E-state index >= 15 is 0 Å². The van der Waals surface area contributed by atoms with Gasteiger partial charge in [-0.25, -0.2) is 9.13 Å². The summed E-state index contributed by atoms with van der Waals surface area (Å²) in [4.78, 5) is 6.57. The number of benzene rings is 3. The van der Waals surface area contributed by atoms with Crippen LogP contribution in [0, 0.1) is 0 Å². The summed E-state index contributed by atoms with van der Waals surface area (Å²) >= 11 is 0. The molecule has 0 saturated heterocycles. The molecule has 2 N–H and O–H groups in total. The molecule has 0 bridgehead atoms. The molecule has 3 aromatic carbocycles. The predicted octanol–water partition coefficient (Wildman–Crippen LogP) is 8.49. The van der Waals surface area contributed by atoms with Gasteiger partial charge in [0.2, 0.25) is 0 Å². The molecule has 0 atom stereocenters. The van der Waals surface area contributed by atoms with E-state index in [1.54, 1.807) is 0 Å². The number of nitrogens with one attached hydrogen (secondary N) is 2. The van der Waals surface area contributed by atoms with Crippen LogP contribution in [-0.4, -0.2) is 9.97 Å². The molecule has 6 heterocycles. The van der Waals surface area contributed by atoms with Gasteiger partial charge in [-0.1, -0.05) is 56.0 Å². The van der Waals surface area contributed by atoms with Crippen molar-refractivity contribution in [1.29, 1.82) is 0 Å². The molecular weight excluding hydrogens is 573 g/mol. The molecule has 47 heavy (non-hydrogen) atoms. The average Bonchev–Trinajstić information content (AvgIpc) is 3.66. The van der Waals surface area contributed by atoms with Crippen molar-refractivity contribution in [3.63, 3.8) is 0 Å². The van der Waals surface area contributed by atoms with Crippen molar-refractivity contribution < 1.29 is 9.13 Å². The maximum atomic E-state index is 3.29. The number of aryl methyl sites for hydroxylation is 4. The van der Waals surface area contributed by atoms with Gasteiger partial charge in [-0.15, -0.1) is 0 Å². The lowest BCUT2D eigenvalue weighted by atomic mass is 9.89. The lowest BCUT2D eigenvalue weighted by Crippen LogP contribution is -2.38. The van der Waals surface area contributed by atoms with Crippen LogP contribution in [-0.2, 0) is 38.8 Å². The van der Waals surface area contributed by atoms with Crippen molar-refractivity contribution in [2.75, 3.05) is 0 Å². The van der Waals surface area contributed by atoms with Gasteiger partial charge in [0.25, 0.3) is 0 Å². The van der Waals surface area contributed by atoms with Gasteiger partial charge in [-0.05, 0) is 91.7 Å². The summed E-state index contributed by atoms with van der Waals surface area (Å²) in [5.41, 5.74) is 16.2. The molecule has 2 aliphatic rings. The Hall–Kier alpha value is -5.48. The molecule has 0 aliphatic carbocycles. The van der Waals surface area contributed by atoms with Crippen LogP contribution < -0.4 is 9.13 Å². The second kappa shape index (κ2) is 12.0. The van der Waals surface area contributed by atoms with Crippen LogP contribution in [0.1, 0.15) is 63.3 Å². The first kappa shape index (κ1) is 29.0. The molecule has 4 aromatic heterocycles. The number of rotatable bonds is 4. The Balaban J connectivity index is 0.00000324. The van der Waals surface area contributed by atoms with Gasteiger partial charge in [-0.2, -0.15) is 0 Å². The molecule has 0 saturated carbocycles. The highest BCUT2D eigenvalue weighted by Crippen LogP contribution is 2.29. The van der Waals surface area contributed by atoms with Crippen LogP contribution >= 0.6 is 0 Å². The van der Waals surface area contributed by atoms with E-state index in [0.29, 0.717) is 0 Å². The molecule has 9 rings (SSSR count). The molecule has 0 unspecified atom stereocenters. The van der Waals surface area contributed by atoms with E-state index in [2.05, 4.69) is 141 Å². The topological polar surface area (TPSA) is 39.3 Å². The summed E-state index contributed by atoms with van der Waals surface area (Å²) in [7, 11) is 0. The summed E-state index contributed by atoms with van der Waals surface area (Å²) < 4.78 is 4.92. The van der Waals surface area contributed by atoms with Gasteiger partial charge in [0.1, 0.15) is 0 Å². The van der Waals surface area contributed by atoms with Crippen LogP contribution in [0.3, 0.4) is 0 Å². The zero-order chi connectivity index (χ0) is 30.5. The first-order valence-electron chi connectivity index (χ1n) is 16.4. The maximum Gasteiger partial charge on any atom is 0.186 e. The highest BCUT2D eigenvalue weighted by Gasteiger charge is 2.27. The van der Waals surface area contributed by atoms with E-state index in [1.165, 1.54) is 77.7 Å². The minimum atomic E-state index is 0. The Morgan fingerprint density at radius 1 is 0.489 bits per heavy atom. The van der Waals surface area contributed by atoms with E-state index in [1.807, 2.05) is 12.4 Å². The third kappa shape index (κ3) is 5.61. The van der Waals surface area contributed by atoms with Crippen molar-refractivity contribution in [2.45, 2.75) is 46.2 Å². The average molecular weight is 613 g/mol. The third-order valence-corrected chi connectivity index (χ3v) is 9.97. The Morgan fingerprint density at radius 3 is 1.40 bits per heavy atom. The fraction of sp³-hybridized carbons (Fsp3) is 0.163. The summed E-state index contributed by atoms with van der Waals surface area (Å²) in [6, 6.07) is 31.5. The second-order valence-electron chi connectivity index (χ2n) is 12.8. The quantitative estimate of drug-likeness (QED) is 0.187. The lowest BCUT2D eigenvalue weighted by molar-refractivity contribution is -0.702. The highest BCUT2D eigenvalue weighted by atomic mass is 15.0. The number of aromatic nitrogens is 4. The SMILES string of the molecule is C.C(=C\c1ccc2[nH]ccc2c1)/c1cc[n+]2c(c1)Cc1c(ccc3c1Cc1cc(/C=C/c4ccc5[nH]ccc5c4)cc[n+]1CC3)CC2. The molecular formula is C43H40N4+2. The van der Waals surface area contributed by atoms with Crippen LogP contribution in [0.2, 0.25) is 0 Å². The van der Waals surface area contributed by atoms with Crippen molar-refractivity contribution in [3.8, 4) is 0 Å². The number of pyridine rings is 2. The fourth-order valence-corrected chi connectivity index (χ4v) is 7.42. The van der Waals surface area contributed by atoms with E-state index < -0.39 is 0 Å². The first-order valence-corrected chi connectivity index (χ1v) is 16.4. The maximum absolute atomic E-state index is 3.29. The molecule has 7 aromatic rings. The normalized spacial score (nSPS) is 14.0. The molecule has 0 spiro atoms. The van der Waals surface area contributed by atoms with Gasteiger partial charge in [0, 0.05) is 60.5 Å². The van der Waals surface area contributed by atoms with Crippen LogP contribution in [0.4, 0.5) is 0 Å². The fourth-order valence-electron chi connectivity index (χ4n) is 7.42. The zero-order valence-electron chi connectivity index (χ0n) is 25.8. The van der Waals surface area contributed by atoms with E-state index in [0.717, 1.165) is 38.8 Å². The van der Waals surface area contributed by atoms with Crippen LogP contribution in [0.15, 0.2) is 110 Å². The largest absolute Gasteiger partial charge is 0.361 e. The van der Waals surface area contributed by atoms with E-state index in [9.17, 15) is 0 Å². The molecule has 230 valence electrons. The summed E-state index contributed by atoms with van der Waals surface area (Å²) in [5, 5.41) is 2.49. The standard InChI is InChI=1S/C42H34N4.CH4/c1(29-5-9-41-35(23-29)11-17-43-41)3-31-13-19-45-21-15-33-7-8-34-16-22-46-20-14-32(4-2-30-6-10-42-36(24-30)12-18-44-42)26-38(46)28-40(34)39(33)27-37(45)25-31;/h1-14,17-20,23-26H,15-16,21-22,27-28H2;1H4/p+2. The number of hydrogen-bond donors (Lipinski definition) is 2. The van der Waals surface area contributed by atoms with E-state index in [4.69, 9.17) is 0 Å². The van der Waals surface area contributed by atoms with E-state index in [-0.39, 0.29) is 7.43 Å². The van der Waals surface area contributed by atoms with Crippen molar-refractivity contribution in [3.05, 3.63) is 166 Å². The number of nitrogens with zero attached hydrogens (tertiary/aromatic N) is 2. The summed E-state index contributed by atoms with van der Waals surface area (Å²) in [5.74, 6) is 0. The van der Waals surface area contributed by atoms with Gasteiger partial charge in [-0.3, -0.25) is 0 Å². The zero-order valence-corrected chi connectivity index (χ0v) is 25.8. The van der Waals surface area contributed by atoms with Crippen LogP contribution in [0.5, 0.6) is 0 Å².